The lowest BCUT2D eigenvalue weighted by molar-refractivity contribution is 0.0965. The van der Waals surface area contributed by atoms with Gasteiger partial charge in [0, 0.05) is 42.9 Å². The molecule has 0 fully saturated rings. The fraction of sp³-hybridized carbons (Fsp3) is 0.381. The number of hydrogen-bond acceptors (Lipinski definition) is 3. The largest absolute Gasteiger partial charge is 0.493 e. The van der Waals surface area contributed by atoms with Crippen LogP contribution < -0.4 is 10.1 Å². The first kappa shape index (κ1) is 18.8. The Hall–Kier alpha value is -2.01. The van der Waals surface area contributed by atoms with Crippen LogP contribution in [0.2, 0.25) is 0 Å². The average Bonchev–Trinajstić information content (AvgIpc) is 2.55. The van der Waals surface area contributed by atoms with Crippen LogP contribution in [0, 0.1) is 5.41 Å². The molecule has 1 heterocycles. The molecular weight excluding hydrogens is 392 g/mol. The van der Waals surface area contributed by atoms with E-state index in [1.54, 1.807) is 12.1 Å². The second-order valence-corrected chi connectivity index (χ2v) is 8.29. The molecular formula is C21H25BrN2O2. The molecule has 2 aliphatic rings. The van der Waals surface area contributed by atoms with Gasteiger partial charge in [-0.3, -0.25) is 4.79 Å². The Labute approximate surface area is 163 Å². The van der Waals surface area contributed by atoms with Crippen molar-refractivity contribution in [3.63, 3.8) is 0 Å². The molecule has 0 aromatic heterocycles. The number of hydrogen-bond donors (Lipinski definition) is 1. The zero-order valence-corrected chi connectivity index (χ0v) is 17.3. The van der Waals surface area contributed by atoms with Crippen LogP contribution in [0.25, 0.3) is 0 Å². The topological polar surface area (TPSA) is 41.6 Å². The Balaban J connectivity index is 1.77. The van der Waals surface area contributed by atoms with E-state index in [0.29, 0.717) is 12.2 Å². The summed E-state index contributed by atoms with van der Waals surface area (Å²) in [5.41, 5.74) is 4.27. The fourth-order valence-electron chi connectivity index (χ4n) is 3.66. The number of amides is 1. The van der Waals surface area contributed by atoms with E-state index < -0.39 is 0 Å². The molecule has 138 valence electrons. The number of fused-ring (bicyclic) bond motifs is 1. The van der Waals surface area contributed by atoms with E-state index in [4.69, 9.17) is 4.74 Å². The number of allylic oxidation sites excluding steroid dienone is 3. The smallest absolute Gasteiger partial charge is 0.255 e. The lowest BCUT2D eigenvalue weighted by Gasteiger charge is -2.40. The van der Waals surface area contributed by atoms with Gasteiger partial charge in [-0.1, -0.05) is 19.9 Å². The molecule has 0 unspecified atom stereocenters. The van der Waals surface area contributed by atoms with Crippen LogP contribution in [0.5, 0.6) is 5.75 Å². The zero-order valence-electron chi connectivity index (χ0n) is 15.7. The first-order valence-corrected chi connectivity index (χ1v) is 9.66. The van der Waals surface area contributed by atoms with Gasteiger partial charge >= 0.3 is 0 Å². The van der Waals surface area contributed by atoms with Gasteiger partial charge in [-0.15, -0.1) is 0 Å². The second-order valence-electron chi connectivity index (χ2n) is 7.43. The number of ether oxygens (including phenoxy) is 1. The van der Waals surface area contributed by atoms with Crippen LogP contribution in [0.1, 0.15) is 37.6 Å². The molecule has 3 rings (SSSR count). The van der Waals surface area contributed by atoms with Gasteiger partial charge in [0.15, 0.2) is 0 Å². The zero-order chi connectivity index (χ0) is 18.9. The maximum atomic E-state index is 12.6. The van der Waals surface area contributed by atoms with Crippen LogP contribution in [0.15, 0.2) is 57.9 Å². The quantitative estimate of drug-likeness (QED) is 0.776. The fourth-order valence-corrected chi connectivity index (χ4v) is 4.16. The Kier molecular flexibility index (Phi) is 5.28. The summed E-state index contributed by atoms with van der Waals surface area (Å²) in [7, 11) is 2.10. The van der Waals surface area contributed by atoms with E-state index >= 15 is 0 Å². The molecule has 0 saturated carbocycles. The van der Waals surface area contributed by atoms with Gasteiger partial charge in [0.05, 0.1) is 11.1 Å². The van der Waals surface area contributed by atoms with E-state index in [9.17, 15) is 4.79 Å². The average molecular weight is 417 g/mol. The molecule has 0 bridgehead atoms. The minimum absolute atomic E-state index is 0.110. The molecule has 0 saturated heterocycles. The molecule has 1 aliphatic heterocycles. The predicted molar refractivity (Wildman–Crippen MR) is 108 cm³/mol. The van der Waals surface area contributed by atoms with Crippen molar-refractivity contribution < 1.29 is 9.53 Å². The van der Waals surface area contributed by atoms with E-state index in [1.807, 2.05) is 19.1 Å². The maximum Gasteiger partial charge on any atom is 0.255 e. The third-order valence-electron chi connectivity index (χ3n) is 4.70. The SMILES string of the molecule is CCOc1ccc(C(=O)NC2=CC=C3C(=CN(C)CC3(C)C)C2)cc1Br. The summed E-state index contributed by atoms with van der Waals surface area (Å²) in [5.74, 6) is 0.631. The minimum Gasteiger partial charge on any atom is -0.493 e. The number of carbonyl (C=O) groups is 1. The lowest BCUT2D eigenvalue weighted by Crippen LogP contribution is -2.36. The third kappa shape index (κ3) is 3.88. The Morgan fingerprint density at radius 3 is 2.81 bits per heavy atom. The summed E-state index contributed by atoms with van der Waals surface area (Å²) >= 11 is 3.46. The van der Waals surface area contributed by atoms with Crippen molar-refractivity contribution in [1.82, 2.24) is 10.2 Å². The highest BCUT2D eigenvalue weighted by Crippen LogP contribution is 2.40. The molecule has 0 radical (unpaired) electrons. The molecule has 0 atom stereocenters. The van der Waals surface area contributed by atoms with Gasteiger partial charge in [-0.05, 0) is 58.3 Å². The number of rotatable bonds is 4. The highest BCUT2D eigenvalue weighted by Gasteiger charge is 2.32. The summed E-state index contributed by atoms with van der Waals surface area (Å²) < 4.78 is 6.28. The van der Waals surface area contributed by atoms with E-state index in [-0.39, 0.29) is 11.3 Å². The predicted octanol–water partition coefficient (Wildman–Crippen LogP) is 4.65. The summed E-state index contributed by atoms with van der Waals surface area (Å²) in [4.78, 5) is 14.8. The molecule has 1 N–H and O–H groups in total. The van der Waals surface area contributed by atoms with Gasteiger partial charge in [0.2, 0.25) is 0 Å². The summed E-state index contributed by atoms with van der Waals surface area (Å²) in [6.07, 6.45) is 7.10. The van der Waals surface area contributed by atoms with Crippen molar-refractivity contribution in [3.05, 3.63) is 63.4 Å². The Morgan fingerprint density at radius 2 is 2.12 bits per heavy atom. The molecule has 1 aromatic carbocycles. The van der Waals surface area contributed by atoms with Crippen LogP contribution >= 0.6 is 15.9 Å². The minimum atomic E-state index is -0.110. The number of nitrogens with one attached hydrogen (secondary N) is 1. The van der Waals surface area contributed by atoms with Gasteiger partial charge in [-0.25, -0.2) is 0 Å². The number of halogens is 1. The molecule has 26 heavy (non-hydrogen) atoms. The normalized spacial score (nSPS) is 18.3. The second kappa shape index (κ2) is 7.31. The first-order valence-electron chi connectivity index (χ1n) is 8.86. The molecule has 1 amide bonds. The van der Waals surface area contributed by atoms with E-state index in [0.717, 1.165) is 28.9 Å². The monoisotopic (exact) mass is 416 g/mol. The molecule has 5 heteroatoms. The molecule has 4 nitrogen and oxygen atoms in total. The maximum absolute atomic E-state index is 12.6. The number of nitrogens with zero attached hydrogens (tertiary/aromatic N) is 1. The van der Waals surface area contributed by atoms with Gasteiger partial charge < -0.3 is 15.0 Å². The van der Waals surface area contributed by atoms with E-state index in [2.05, 4.69) is 59.3 Å². The first-order chi connectivity index (χ1) is 12.3. The summed E-state index contributed by atoms with van der Waals surface area (Å²) in [6.45, 7) is 8.04. The van der Waals surface area contributed by atoms with Gasteiger partial charge in [0.1, 0.15) is 5.75 Å². The molecule has 1 aliphatic carbocycles. The lowest BCUT2D eigenvalue weighted by atomic mass is 9.74. The molecule has 0 spiro atoms. The van der Waals surface area contributed by atoms with Gasteiger partial charge in [0.25, 0.3) is 5.91 Å². The van der Waals surface area contributed by atoms with Crippen molar-refractivity contribution in [2.45, 2.75) is 27.2 Å². The number of benzene rings is 1. The van der Waals surface area contributed by atoms with Crippen molar-refractivity contribution in [1.29, 1.82) is 0 Å². The van der Waals surface area contributed by atoms with Crippen LogP contribution in [-0.4, -0.2) is 31.0 Å². The van der Waals surface area contributed by atoms with Crippen molar-refractivity contribution in [3.8, 4) is 5.75 Å². The molecule has 1 aromatic rings. The third-order valence-corrected chi connectivity index (χ3v) is 5.32. The standard InChI is InChI=1S/C21H25BrN2O2/c1-5-26-19-9-6-14(11-18(19)22)20(25)23-16-7-8-17-15(10-16)12-24(4)13-21(17,2)3/h6-9,11-12H,5,10,13H2,1-4H3,(H,23,25). The van der Waals surface area contributed by atoms with Crippen LogP contribution in [0.3, 0.4) is 0 Å². The van der Waals surface area contributed by atoms with Crippen molar-refractivity contribution in [2.24, 2.45) is 5.41 Å². The van der Waals surface area contributed by atoms with Crippen LogP contribution in [0.4, 0.5) is 0 Å². The highest BCUT2D eigenvalue weighted by atomic mass is 79.9. The van der Waals surface area contributed by atoms with Crippen LogP contribution in [-0.2, 0) is 0 Å². The summed E-state index contributed by atoms with van der Waals surface area (Å²) in [5, 5.41) is 3.05. The highest BCUT2D eigenvalue weighted by molar-refractivity contribution is 9.10. The Bertz CT molecular complexity index is 821. The Morgan fingerprint density at radius 1 is 1.35 bits per heavy atom. The van der Waals surface area contributed by atoms with Crippen molar-refractivity contribution >= 4 is 21.8 Å². The van der Waals surface area contributed by atoms with Gasteiger partial charge in [-0.2, -0.15) is 0 Å². The summed E-state index contributed by atoms with van der Waals surface area (Å²) in [6, 6.07) is 5.39. The van der Waals surface area contributed by atoms with E-state index in [1.165, 1.54) is 11.1 Å². The van der Waals surface area contributed by atoms with Crippen molar-refractivity contribution in [2.75, 3.05) is 20.2 Å². The number of carbonyl (C=O) groups excluding carboxylic acids is 1.